The van der Waals surface area contributed by atoms with E-state index in [2.05, 4.69) is 20.3 Å². The number of carbonyl (C=O) groups excluding carboxylic acids is 2. The van der Waals surface area contributed by atoms with E-state index < -0.39 is 56.4 Å². The average molecular weight is 667 g/mol. The first-order chi connectivity index (χ1) is 21.2. The van der Waals surface area contributed by atoms with Crippen molar-refractivity contribution in [3.05, 3.63) is 76.1 Å². The minimum Gasteiger partial charge on any atom is -0.464 e. The van der Waals surface area contributed by atoms with Gasteiger partial charge < -0.3 is 14.8 Å². The normalized spacial score (nSPS) is 16.5. The van der Waals surface area contributed by atoms with Gasteiger partial charge in [0, 0.05) is 23.4 Å². The van der Waals surface area contributed by atoms with Gasteiger partial charge in [-0.15, -0.1) is 0 Å². The van der Waals surface area contributed by atoms with Gasteiger partial charge in [-0.25, -0.2) is 8.42 Å². The summed E-state index contributed by atoms with van der Waals surface area (Å²) in [6.45, 7) is -0.250. The van der Waals surface area contributed by atoms with E-state index in [1.165, 1.54) is 12.1 Å². The standard InChI is InChI=1S/C30H30ClF3N4O6S/c1-2-25(40)43-17-28(11-12-28)45(41,42)16-23(39)20-5-3-19(4-6-20)15-24-35-26(37-27(36-24)44-18-30(32,33)34)38-29(13-14-29)21-7-9-22(31)10-8-21/h3-10H,2,11-18H2,1H3,(H,35,36,37,38). The van der Waals surface area contributed by atoms with Crippen LogP contribution >= 0.6 is 11.6 Å². The number of alkyl halides is 3. The van der Waals surface area contributed by atoms with Crippen molar-refractivity contribution >= 4 is 39.1 Å². The van der Waals surface area contributed by atoms with Gasteiger partial charge in [-0.1, -0.05) is 54.9 Å². The van der Waals surface area contributed by atoms with Crippen molar-refractivity contribution < 1.29 is 40.7 Å². The van der Waals surface area contributed by atoms with E-state index in [9.17, 15) is 31.2 Å². The van der Waals surface area contributed by atoms with Crippen LogP contribution in [0.4, 0.5) is 19.1 Å². The van der Waals surface area contributed by atoms with Crippen molar-refractivity contribution in [2.75, 3.05) is 24.3 Å². The average Bonchev–Trinajstić information content (AvgIpc) is 3.92. The second-order valence-electron chi connectivity index (χ2n) is 11.2. The summed E-state index contributed by atoms with van der Waals surface area (Å²) in [5.41, 5.74) is 1.18. The number of halogens is 4. The number of ketones is 1. The molecule has 3 aromatic rings. The number of esters is 1. The Morgan fingerprint density at radius 1 is 0.978 bits per heavy atom. The van der Waals surface area contributed by atoms with Crippen LogP contribution in [0.15, 0.2) is 48.5 Å². The van der Waals surface area contributed by atoms with Crippen LogP contribution in [-0.2, 0) is 31.3 Å². The van der Waals surface area contributed by atoms with Crippen molar-refractivity contribution in [2.45, 2.75) is 61.9 Å². The molecule has 0 unspecified atom stereocenters. The van der Waals surface area contributed by atoms with Gasteiger partial charge in [0.2, 0.25) is 5.95 Å². The molecule has 5 rings (SSSR count). The number of sulfone groups is 1. The maximum atomic E-state index is 13.0. The van der Waals surface area contributed by atoms with Gasteiger partial charge in [-0.2, -0.15) is 28.1 Å². The fourth-order valence-electron chi connectivity index (χ4n) is 4.74. The number of anilines is 1. The molecule has 2 fully saturated rings. The molecule has 0 saturated heterocycles. The molecule has 1 N–H and O–H groups in total. The summed E-state index contributed by atoms with van der Waals surface area (Å²) in [6, 6.07) is 12.8. The maximum absolute atomic E-state index is 13.0. The van der Waals surface area contributed by atoms with Crippen LogP contribution in [0.5, 0.6) is 6.01 Å². The van der Waals surface area contributed by atoms with Gasteiger partial charge in [0.25, 0.3) is 0 Å². The zero-order valence-electron chi connectivity index (χ0n) is 24.2. The highest BCUT2D eigenvalue weighted by atomic mass is 35.5. The lowest BCUT2D eigenvalue weighted by molar-refractivity contribution is -0.154. The molecule has 45 heavy (non-hydrogen) atoms. The molecule has 0 aliphatic heterocycles. The number of rotatable bonds is 14. The number of aromatic nitrogens is 3. The predicted octanol–water partition coefficient (Wildman–Crippen LogP) is 5.24. The van der Waals surface area contributed by atoms with E-state index >= 15 is 0 Å². The SMILES string of the molecule is CCC(=O)OCC1(S(=O)(=O)CC(=O)c2ccc(Cc3nc(NC4(c5ccc(Cl)cc5)CC4)nc(OCC(F)(F)F)n3)cc2)CC1. The zero-order chi connectivity index (χ0) is 32.5. The van der Waals surface area contributed by atoms with Crippen molar-refractivity contribution in [3.63, 3.8) is 0 Å². The van der Waals surface area contributed by atoms with Gasteiger partial charge >= 0.3 is 18.2 Å². The molecule has 2 aliphatic rings. The lowest BCUT2D eigenvalue weighted by Gasteiger charge is -2.19. The molecule has 0 atom stereocenters. The molecular weight excluding hydrogens is 637 g/mol. The lowest BCUT2D eigenvalue weighted by atomic mass is 10.1. The summed E-state index contributed by atoms with van der Waals surface area (Å²) < 4.78 is 73.2. The Bertz CT molecular complexity index is 1680. The fraction of sp³-hybridized carbons (Fsp3) is 0.433. The third-order valence-corrected chi connectivity index (χ3v) is 10.5. The second kappa shape index (κ2) is 12.5. The van der Waals surface area contributed by atoms with Gasteiger partial charge in [0.05, 0.1) is 5.54 Å². The summed E-state index contributed by atoms with van der Waals surface area (Å²) in [7, 11) is -3.88. The van der Waals surface area contributed by atoms with Gasteiger partial charge in [-0.3, -0.25) is 9.59 Å². The zero-order valence-corrected chi connectivity index (χ0v) is 25.8. The quantitative estimate of drug-likeness (QED) is 0.180. The number of nitrogens with one attached hydrogen (secondary N) is 1. The molecule has 10 nitrogen and oxygen atoms in total. The summed E-state index contributed by atoms with van der Waals surface area (Å²) in [5, 5.41) is 3.78. The third kappa shape index (κ3) is 8.09. The van der Waals surface area contributed by atoms with E-state index in [0.29, 0.717) is 23.4 Å². The Kier molecular flexibility index (Phi) is 9.09. The highest BCUT2D eigenvalue weighted by molar-refractivity contribution is 7.93. The Hall–Kier alpha value is -3.78. The van der Waals surface area contributed by atoms with Crippen LogP contribution in [0.25, 0.3) is 0 Å². The van der Waals surface area contributed by atoms with E-state index in [1.54, 1.807) is 31.2 Å². The van der Waals surface area contributed by atoms with Crippen LogP contribution in [-0.4, -0.2) is 65.0 Å². The number of ether oxygens (including phenoxy) is 2. The predicted molar refractivity (Wildman–Crippen MR) is 158 cm³/mol. The molecule has 0 radical (unpaired) electrons. The summed E-state index contributed by atoms with van der Waals surface area (Å²) in [6.07, 6.45) is -2.30. The summed E-state index contributed by atoms with van der Waals surface area (Å²) in [5.74, 6) is -1.68. The number of hydrogen-bond donors (Lipinski definition) is 1. The lowest BCUT2D eigenvalue weighted by Crippen LogP contribution is -2.34. The fourth-order valence-corrected chi connectivity index (χ4v) is 6.64. The van der Waals surface area contributed by atoms with E-state index in [-0.39, 0.29) is 36.8 Å². The van der Waals surface area contributed by atoms with Crippen molar-refractivity contribution in [1.29, 1.82) is 0 Å². The van der Waals surface area contributed by atoms with Crippen LogP contribution < -0.4 is 10.1 Å². The minimum absolute atomic E-state index is 0.0419. The van der Waals surface area contributed by atoms with Crippen LogP contribution in [0.2, 0.25) is 5.02 Å². The number of carbonyl (C=O) groups is 2. The molecule has 1 heterocycles. The monoisotopic (exact) mass is 666 g/mol. The second-order valence-corrected chi connectivity index (χ2v) is 14.0. The van der Waals surface area contributed by atoms with Crippen LogP contribution in [0.1, 0.15) is 66.3 Å². The number of Topliss-reactive ketones (excluding diaryl/α,β-unsaturated/α-hetero) is 1. The molecule has 15 heteroatoms. The van der Waals surface area contributed by atoms with Crippen LogP contribution in [0, 0.1) is 0 Å². The highest BCUT2D eigenvalue weighted by Crippen LogP contribution is 2.48. The molecule has 1 aromatic heterocycles. The molecule has 0 spiro atoms. The van der Waals surface area contributed by atoms with Crippen molar-refractivity contribution in [2.24, 2.45) is 0 Å². The molecule has 2 aliphatic carbocycles. The number of benzene rings is 2. The summed E-state index contributed by atoms with van der Waals surface area (Å²) in [4.78, 5) is 36.9. The summed E-state index contributed by atoms with van der Waals surface area (Å²) >= 11 is 6.01. The first-order valence-electron chi connectivity index (χ1n) is 14.2. The Morgan fingerprint density at radius 3 is 2.22 bits per heavy atom. The maximum Gasteiger partial charge on any atom is 0.422 e. The molecule has 240 valence electrons. The van der Waals surface area contributed by atoms with E-state index in [1.807, 2.05) is 12.1 Å². The Labute approximate surface area is 262 Å². The van der Waals surface area contributed by atoms with E-state index in [0.717, 1.165) is 18.4 Å². The topological polar surface area (TPSA) is 137 Å². The first kappa shape index (κ1) is 32.6. The van der Waals surface area contributed by atoms with Crippen molar-refractivity contribution in [3.8, 4) is 6.01 Å². The molecule has 2 saturated carbocycles. The van der Waals surface area contributed by atoms with Crippen LogP contribution in [0.3, 0.4) is 0 Å². The Morgan fingerprint density at radius 2 is 1.64 bits per heavy atom. The minimum atomic E-state index is -4.60. The van der Waals surface area contributed by atoms with Gasteiger partial charge in [0.1, 0.15) is 22.9 Å². The molecule has 0 bridgehead atoms. The van der Waals surface area contributed by atoms with Gasteiger partial charge in [-0.05, 0) is 48.9 Å². The smallest absolute Gasteiger partial charge is 0.422 e. The Balaban J connectivity index is 1.29. The highest BCUT2D eigenvalue weighted by Gasteiger charge is 2.56. The third-order valence-electron chi connectivity index (χ3n) is 7.74. The number of nitrogens with zero attached hydrogens (tertiary/aromatic N) is 3. The molecule has 0 amide bonds. The first-order valence-corrected chi connectivity index (χ1v) is 16.2. The van der Waals surface area contributed by atoms with E-state index in [4.69, 9.17) is 21.1 Å². The molecule has 2 aromatic carbocycles. The largest absolute Gasteiger partial charge is 0.464 e. The van der Waals surface area contributed by atoms with Gasteiger partial charge in [0.15, 0.2) is 22.2 Å². The number of hydrogen-bond acceptors (Lipinski definition) is 10. The van der Waals surface area contributed by atoms with Crippen molar-refractivity contribution in [1.82, 2.24) is 15.0 Å². The molecular formula is C30H30ClF3N4O6S.